The van der Waals surface area contributed by atoms with Gasteiger partial charge in [0.25, 0.3) is 0 Å². The van der Waals surface area contributed by atoms with Crippen molar-refractivity contribution in [2.24, 2.45) is 0 Å². The molecule has 0 amide bonds. The minimum Gasteiger partial charge on any atom is -0.489 e. The molecule has 0 aromatic heterocycles. The topological polar surface area (TPSA) is 71.1 Å². The summed E-state index contributed by atoms with van der Waals surface area (Å²) in [6, 6.07) is 1.69. The molecule has 1 rings (SSSR count). The standard InChI is InChI=1S/C37H64O6P/c1-6-11-15-19-23-27-40-32-31-33(44(39)34(38)10-5)36(42-29-25-21-17-13-8-3)37(43-30-26-22-18-14-9-4)35(32)41-28-24-20-16-12-7-2/h10,31H,5-9,11-30H2,1-4H3/q+1. The Labute approximate surface area is 270 Å². The molecule has 6 nitrogen and oxygen atoms in total. The van der Waals surface area contributed by atoms with Gasteiger partial charge in [0.15, 0.2) is 5.75 Å². The number of benzene rings is 1. The number of hydrogen-bond donors (Lipinski definition) is 0. The minimum absolute atomic E-state index is 0.302. The van der Waals surface area contributed by atoms with Gasteiger partial charge in [-0.25, -0.2) is 4.79 Å². The lowest BCUT2D eigenvalue weighted by atomic mass is 10.1. The van der Waals surface area contributed by atoms with Gasteiger partial charge in [0.2, 0.25) is 22.6 Å². The molecule has 0 fully saturated rings. The van der Waals surface area contributed by atoms with Crippen LogP contribution in [0.3, 0.4) is 0 Å². The summed E-state index contributed by atoms with van der Waals surface area (Å²) in [7, 11) is -2.46. The molecule has 0 aliphatic carbocycles. The van der Waals surface area contributed by atoms with Gasteiger partial charge in [-0.05, 0) is 25.7 Å². The van der Waals surface area contributed by atoms with E-state index in [2.05, 4.69) is 34.3 Å². The largest absolute Gasteiger partial charge is 0.489 e. The number of rotatable bonds is 31. The van der Waals surface area contributed by atoms with Gasteiger partial charge in [-0.15, -0.1) is 0 Å². The van der Waals surface area contributed by atoms with Crippen molar-refractivity contribution in [2.75, 3.05) is 26.4 Å². The van der Waals surface area contributed by atoms with Crippen LogP contribution in [0.15, 0.2) is 18.7 Å². The average Bonchev–Trinajstić information content (AvgIpc) is 3.04. The van der Waals surface area contributed by atoms with E-state index < -0.39 is 13.3 Å². The Kier molecular flexibility index (Phi) is 24.8. The van der Waals surface area contributed by atoms with E-state index in [0.717, 1.165) is 70.3 Å². The van der Waals surface area contributed by atoms with E-state index in [1.54, 1.807) is 6.07 Å². The van der Waals surface area contributed by atoms with Crippen molar-refractivity contribution in [3.05, 3.63) is 18.7 Å². The van der Waals surface area contributed by atoms with Crippen LogP contribution in [0.2, 0.25) is 0 Å². The monoisotopic (exact) mass is 635 g/mol. The Morgan fingerprint density at radius 1 is 0.568 bits per heavy atom. The lowest BCUT2D eigenvalue weighted by Gasteiger charge is -2.20. The Morgan fingerprint density at radius 2 is 0.932 bits per heavy atom. The van der Waals surface area contributed by atoms with Crippen LogP contribution < -0.4 is 24.3 Å². The zero-order chi connectivity index (χ0) is 32.3. The fourth-order valence-electron chi connectivity index (χ4n) is 4.98. The highest BCUT2D eigenvalue weighted by Crippen LogP contribution is 2.47. The summed E-state index contributed by atoms with van der Waals surface area (Å²) in [5, 5.41) is 0.302. The molecule has 0 saturated carbocycles. The Bertz CT molecular complexity index is 916. The summed E-state index contributed by atoms with van der Waals surface area (Å²) in [4.78, 5) is 12.7. The molecule has 1 aromatic rings. The van der Waals surface area contributed by atoms with Gasteiger partial charge >= 0.3 is 13.3 Å². The second-order valence-electron chi connectivity index (χ2n) is 11.8. The fraction of sp³-hybridized carbons (Fsp3) is 0.757. The van der Waals surface area contributed by atoms with Crippen LogP contribution in [0, 0.1) is 0 Å². The van der Waals surface area contributed by atoms with Crippen LogP contribution in [-0.2, 0) is 9.36 Å². The van der Waals surface area contributed by atoms with E-state index in [0.29, 0.717) is 54.7 Å². The minimum atomic E-state index is -2.46. The van der Waals surface area contributed by atoms with E-state index in [1.807, 2.05) is 0 Å². The van der Waals surface area contributed by atoms with Crippen molar-refractivity contribution in [2.45, 2.75) is 156 Å². The maximum absolute atomic E-state index is 13.5. The van der Waals surface area contributed by atoms with Crippen molar-refractivity contribution in [3.8, 4) is 23.0 Å². The summed E-state index contributed by atoms with van der Waals surface area (Å²) in [6.07, 6.45) is 23.2. The summed E-state index contributed by atoms with van der Waals surface area (Å²) in [5.74, 6) is 1.74. The molecule has 1 unspecified atom stereocenters. The molecule has 7 heteroatoms. The van der Waals surface area contributed by atoms with E-state index in [-0.39, 0.29) is 0 Å². The number of carbonyl (C=O) groups is 1. The molecule has 252 valence electrons. The van der Waals surface area contributed by atoms with E-state index in [1.165, 1.54) is 64.2 Å². The second kappa shape index (κ2) is 27.3. The Hall–Kier alpha value is -2.07. The first-order valence-electron chi connectivity index (χ1n) is 17.9. The lowest BCUT2D eigenvalue weighted by molar-refractivity contribution is -0.107. The molecule has 0 aliphatic heterocycles. The second-order valence-corrected chi connectivity index (χ2v) is 13.3. The number of ether oxygens (including phenoxy) is 4. The van der Waals surface area contributed by atoms with Crippen LogP contribution in [0.4, 0.5) is 0 Å². The van der Waals surface area contributed by atoms with Crippen molar-refractivity contribution < 1.29 is 28.3 Å². The molecule has 0 N–H and O–H groups in total. The van der Waals surface area contributed by atoms with E-state index >= 15 is 0 Å². The predicted octanol–water partition coefficient (Wildman–Crippen LogP) is 11.2. The van der Waals surface area contributed by atoms with Gasteiger partial charge in [-0.3, -0.25) is 0 Å². The van der Waals surface area contributed by atoms with Crippen LogP contribution in [0.5, 0.6) is 23.0 Å². The number of hydrogen-bond acceptors (Lipinski definition) is 6. The van der Waals surface area contributed by atoms with E-state index in [9.17, 15) is 9.36 Å². The number of unbranched alkanes of at least 4 members (excludes halogenated alkanes) is 16. The van der Waals surface area contributed by atoms with Crippen molar-refractivity contribution in [1.82, 2.24) is 0 Å². The summed E-state index contributed by atoms with van der Waals surface area (Å²) >= 11 is 0. The van der Waals surface area contributed by atoms with Crippen LogP contribution in [-0.4, -0.2) is 32.0 Å². The number of allylic oxidation sites excluding steroid dienone is 1. The average molecular weight is 636 g/mol. The first-order chi connectivity index (χ1) is 21.5. The van der Waals surface area contributed by atoms with Crippen molar-refractivity contribution in [3.63, 3.8) is 0 Å². The zero-order valence-corrected chi connectivity index (χ0v) is 29.6. The molecule has 1 aromatic carbocycles. The molecule has 0 radical (unpaired) electrons. The predicted molar refractivity (Wildman–Crippen MR) is 186 cm³/mol. The molecule has 0 heterocycles. The van der Waals surface area contributed by atoms with Crippen LogP contribution >= 0.6 is 7.80 Å². The normalized spacial score (nSPS) is 11.3. The highest BCUT2D eigenvalue weighted by molar-refractivity contribution is 7.71. The maximum atomic E-state index is 13.5. The quantitative estimate of drug-likeness (QED) is 0.0459. The molecule has 0 bridgehead atoms. The number of carbonyl (C=O) groups excluding carboxylic acids is 1. The van der Waals surface area contributed by atoms with Gasteiger partial charge in [0, 0.05) is 12.1 Å². The molecule has 0 spiro atoms. The van der Waals surface area contributed by atoms with Crippen LogP contribution in [0.1, 0.15) is 156 Å². The van der Waals surface area contributed by atoms with Crippen LogP contribution in [0.25, 0.3) is 0 Å². The highest BCUT2D eigenvalue weighted by Gasteiger charge is 2.38. The van der Waals surface area contributed by atoms with E-state index in [4.69, 9.17) is 18.9 Å². The molecular weight excluding hydrogens is 571 g/mol. The van der Waals surface area contributed by atoms with Gasteiger partial charge in [0.05, 0.1) is 26.4 Å². The van der Waals surface area contributed by atoms with Gasteiger partial charge in [0.1, 0.15) is 0 Å². The third-order valence-electron chi connectivity index (χ3n) is 7.72. The Balaban J connectivity index is 3.44. The SMILES string of the molecule is C=CC(=O)[P+](=O)c1cc(OCCCCCCC)c(OCCCCCCC)c(OCCCCCCC)c1OCCCCCCC. The zero-order valence-electron chi connectivity index (χ0n) is 28.7. The fourth-order valence-corrected chi connectivity index (χ4v) is 5.97. The smallest absolute Gasteiger partial charge is 0.462 e. The molecule has 44 heavy (non-hydrogen) atoms. The summed E-state index contributed by atoms with van der Waals surface area (Å²) in [5.41, 5.74) is -0.534. The van der Waals surface area contributed by atoms with Gasteiger partial charge in [-0.2, -0.15) is 0 Å². The third-order valence-corrected chi connectivity index (χ3v) is 9.07. The first kappa shape index (κ1) is 40.0. The summed E-state index contributed by atoms with van der Waals surface area (Å²) in [6.45, 7) is 14.4. The highest BCUT2D eigenvalue weighted by atomic mass is 31.1. The molecule has 0 saturated heterocycles. The maximum Gasteiger partial charge on any atom is 0.462 e. The Morgan fingerprint density at radius 3 is 1.34 bits per heavy atom. The van der Waals surface area contributed by atoms with Gasteiger partial charge < -0.3 is 18.9 Å². The van der Waals surface area contributed by atoms with Gasteiger partial charge in [-0.1, -0.05) is 142 Å². The molecule has 0 aliphatic rings. The van der Waals surface area contributed by atoms with Crippen molar-refractivity contribution in [1.29, 1.82) is 0 Å². The summed E-state index contributed by atoms with van der Waals surface area (Å²) < 4.78 is 39.1. The van der Waals surface area contributed by atoms with Crippen molar-refractivity contribution >= 4 is 18.6 Å². The lowest BCUT2D eigenvalue weighted by Crippen LogP contribution is -2.15. The third kappa shape index (κ3) is 16.8. The molecular formula is C37H64O6P+. The first-order valence-corrected chi connectivity index (χ1v) is 19.2. The molecule has 1 atom stereocenters.